The number of ether oxygens (including phenoxy) is 3. The number of hydrogen-bond donors (Lipinski definition) is 3. The molecule has 0 bridgehead atoms. The Morgan fingerprint density at radius 2 is 1.69 bits per heavy atom. The predicted molar refractivity (Wildman–Crippen MR) is 105 cm³/mol. The Balaban J connectivity index is 1.91. The number of methoxy groups -OCH3 is 2. The van der Waals surface area contributed by atoms with Crippen LogP contribution < -0.4 is 30.7 Å². The van der Waals surface area contributed by atoms with Crippen LogP contribution in [0.4, 0.5) is 5.69 Å². The van der Waals surface area contributed by atoms with Crippen LogP contribution in [-0.4, -0.2) is 44.8 Å². The van der Waals surface area contributed by atoms with Gasteiger partial charge in [-0.15, -0.1) is 0 Å². The van der Waals surface area contributed by atoms with Gasteiger partial charge in [0.05, 0.1) is 26.1 Å². The van der Waals surface area contributed by atoms with Crippen molar-refractivity contribution in [2.24, 2.45) is 10.8 Å². The average Bonchev–Trinajstić information content (AvgIpc) is 2.72. The Hall–Kier alpha value is -4.08. The summed E-state index contributed by atoms with van der Waals surface area (Å²) in [6.45, 7) is -0.226. The van der Waals surface area contributed by atoms with Crippen molar-refractivity contribution in [1.29, 1.82) is 0 Å². The third-order valence-electron chi connectivity index (χ3n) is 3.50. The number of nitrogens with two attached hydrogens (primary N) is 1. The second-order valence-electron chi connectivity index (χ2n) is 5.54. The maximum Gasteiger partial charge on any atom is 0.329 e. The zero-order valence-electron chi connectivity index (χ0n) is 15.8. The van der Waals surface area contributed by atoms with Gasteiger partial charge in [0.1, 0.15) is 17.2 Å². The molecule has 0 aromatic heterocycles. The van der Waals surface area contributed by atoms with Crippen molar-refractivity contribution in [1.82, 2.24) is 5.43 Å². The van der Waals surface area contributed by atoms with Gasteiger partial charge < -0.3 is 25.3 Å². The van der Waals surface area contributed by atoms with Gasteiger partial charge in [0.15, 0.2) is 6.61 Å². The monoisotopic (exact) mass is 400 g/mol. The van der Waals surface area contributed by atoms with Crippen molar-refractivity contribution in [3.63, 3.8) is 0 Å². The summed E-state index contributed by atoms with van der Waals surface area (Å²) >= 11 is 0. The second-order valence-corrected chi connectivity index (χ2v) is 5.54. The van der Waals surface area contributed by atoms with E-state index in [2.05, 4.69) is 15.8 Å². The van der Waals surface area contributed by atoms with Gasteiger partial charge >= 0.3 is 11.8 Å². The van der Waals surface area contributed by atoms with E-state index in [1.807, 2.05) is 0 Å². The molecule has 0 saturated carbocycles. The molecule has 0 atom stereocenters. The van der Waals surface area contributed by atoms with Gasteiger partial charge in [-0.1, -0.05) is 0 Å². The number of nitrogens with one attached hydrogen (secondary N) is 2. The van der Waals surface area contributed by atoms with E-state index in [-0.39, 0.29) is 12.3 Å². The predicted octanol–water partition coefficient (Wildman–Crippen LogP) is 0.657. The van der Waals surface area contributed by atoms with Crippen molar-refractivity contribution in [2.45, 2.75) is 0 Å². The molecule has 2 rings (SSSR count). The maximum atomic E-state index is 12.0. The molecule has 10 heteroatoms. The average molecular weight is 400 g/mol. The zero-order chi connectivity index (χ0) is 21.2. The summed E-state index contributed by atoms with van der Waals surface area (Å²) in [5.41, 5.74) is 8.03. The highest BCUT2D eigenvalue weighted by Gasteiger charge is 2.16. The lowest BCUT2D eigenvalue weighted by Crippen LogP contribution is -2.32. The molecule has 4 N–H and O–H groups in total. The van der Waals surface area contributed by atoms with Gasteiger partial charge in [-0.2, -0.15) is 5.10 Å². The number of amides is 3. The topological polar surface area (TPSA) is 141 Å². The third kappa shape index (κ3) is 6.54. The fourth-order valence-electron chi connectivity index (χ4n) is 2.11. The van der Waals surface area contributed by atoms with Crippen LogP contribution in [0.2, 0.25) is 0 Å². The molecule has 3 amide bonds. The number of hydrogen-bond acceptors (Lipinski definition) is 7. The minimum absolute atomic E-state index is 0.226. The molecular weight excluding hydrogens is 380 g/mol. The number of benzene rings is 2. The molecule has 0 fully saturated rings. The highest BCUT2D eigenvalue weighted by Crippen LogP contribution is 2.28. The minimum atomic E-state index is -0.965. The normalized spacial score (nSPS) is 10.3. The van der Waals surface area contributed by atoms with Gasteiger partial charge in [-0.05, 0) is 42.0 Å². The maximum absolute atomic E-state index is 12.0. The SMILES string of the molecule is COc1ccc(OC)c(NC(=O)C(=O)N/N=C\c2ccc(OCC(N)=O)cc2)c1. The third-order valence-corrected chi connectivity index (χ3v) is 3.50. The first-order chi connectivity index (χ1) is 13.9. The van der Waals surface area contributed by atoms with Gasteiger partial charge in [0.25, 0.3) is 5.91 Å². The van der Waals surface area contributed by atoms with E-state index in [0.29, 0.717) is 22.8 Å². The van der Waals surface area contributed by atoms with Crippen LogP contribution in [0.15, 0.2) is 47.6 Å². The highest BCUT2D eigenvalue weighted by molar-refractivity contribution is 6.39. The molecule has 0 spiro atoms. The Bertz CT molecular complexity index is 911. The lowest BCUT2D eigenvalue weighted by Gasteiger charge is -2.11. The van der Waals surface area contributed by atoms with Crippen LogP contribution in [0.5, 0.6) is 17.2 Å². The number of carbonyl (C=O) groups is 3. The van der Waals surface area contributed by atoms with Crippen LogP contribution in [0, 0.1) is 0 Å². The van der Waals surface area contributed by atoms with Crippen LogP contribution in [0.25, 0.3) is 0 Å². The fraction of sp³-hybridized carbons (Fsp3) is 0.158. The van der Waals surface area contributed by atoms with Gasteiger partial charge in [-0.25, -0.2) is 5.43 Å². The van der Waals surface area contributed by atoms with Crippen molar-refractivity contribution < 1.29 is 28.6 Å². The van der Waals surface area contributed by atoms with Crippen molar-refractivity contribution in [2.75, 3.05) is 26.1 Å². The quantitative estimate of drug-likeness (QED) is 0.338. The lowest BCUT2D eigenvalue weighted by molar-refractivity contribution is -0.136. The molecule has 2 aromatic rings. The summed E-state index contributed by atoms with van der Waals surface area (Å²) in [6.07, 6.45) is 1.34. The largest absolute Gasteiger partial charge is 0.497 e. The molecule has 0 aliphatic rings. The Morgan fingerprint density at radius 1 is 1.00 bits per heavy atom. The first-order valence-electron chi connectivity index (χ1n) is 8.30. The molecule has 2 aromatic carbocycles. The van der Waals surface area contributed by atoms with E-state index in [1.54, 1.807) is 36.4 Å². The van der Waals surface area contributed by atoms with E-state index >= 15 is 0 Å². The highest BCUT2D eigenvalue weighted by atomic mass is 16.5. The molecule has 10 nitrogen and oxygen atoms in total. The fourth-order valence-corrected chi connectivity index (χ4v) is 2.11. The number of primary amides is 1. The first kappa shape index (κ1) is 21.2. The summed E-state index contributed by atoms with van der Waals surface area (Å²) in [4.78, 5) is 34.6. The molecule has 0 saturated heterocycles. The molecule has 0 aliphatic heterocycles. The second kappa shape index (κ2) is 10.3. The van der Waals surface area contributed by atoms with Crippen LogP contribution in [0.3, 0.4) is 0 Å². The van der Waals surface area contributed by atoms with Gasteiger partial charge in [0, 0.05) is 6.07 Å². The first-order valence-corrected chi connectivity index (χ1v) is 8.30. The zero-order valence-corrected chi connectivity index (χ0v) is 15.8. The number of rotatable bonds is 8. The van der Waals surface area contributed by atoms with Crippen molar-refractivity contribution >= 4 is 29.6 Å². The van der Waals surface area contributed by atoms with Crippen LogP contribution in [0.1, 0.15) is 5.56 Å². The summed E-state index contributed by atoms with van der Waals surface area (Å²) in [7, 11) is 2.91. The van der Waals surface area contributed by atoms with E-state index < -0.39 is 17.7 Å². The Morgan fingerprint density at radius 3 is 2.31 bits per heavy atom. The molecule has 0 heterocycles. The van der Waals surface area contributed by atoms with Crippen LogP contribution in [-0.2, 0) is 14.4 Å². The molecule has 0 unspecified atom stereocenters. The van der Waals surface area contributed by atoms with Gasteiger partial charge in [-0.3, -0.25) is 14.4 Å². The molecule has 29 heavy (non-hydrogen) atoms. The molecule has 0 radical (unpaired) electrons. The molecular formula is C19H20N4O6. The number of anilines is 1. The van der Waals surface area contributed by atoms with E-state index in [1.165, 1.54) is 26.5 Å². The smallest absolute Gasteiger partial charge is 0.329 e. The van der Waals surface area contributed by atoms with Crippen molar-refractivity contribution in [3.8, 4) is 17.2 Å². The standard InChI is InChI=1S/C19H20N4O6/c1-27-14-7-8-16(28-2)15(9-14)22-18(25)19(26)23-21-10-12-3-5-13(6-4-12)29-11-17(20)24/h3-10H,11H2,1-2H3,(H2,20,24)(H,22,25)(H,23,26)/b21-10-. The van der Waals surface area contributed by atoms with Gasteiger partial charge in [0.2, 0.25) is 0 Å². The van der Waals surface area contributed by atoms with E-state index in [9.17, 15) is 14.4 Å². The Kier molecular flexibility index (Phi) is 7.54. The summed E-state index contributed by atoms with van der Waals surface area (Å²) in [5.74, 6) is -1.16. The Labute approximate surface area is 166 Å². The molecule has 152 valence electrons. The summed E-state index contributed by atoms with van der Waals surface area (Å²) in [5, 5.41) is 6.16. The number of carbonyl (C=O) groups excluding carboxylic acids is 3. The number of hydrazone groups is 1. The molecule has 0 aliphatic carbocycles. The van der Waals surface area contributed by atoms with E-state index in [0.717, 1.165) is 0 Å². The minimum Gasteiger partial charge on any atom is -0.497 e. The summed E-state index contributed by atoms with van der Waals surface area (Å²) < 4.78 is 15.3. The van der Waals surface area contributed by atoms with Crippen molar-refractivity contribution in [3.05, 3.63) is 48.0 Å². The summed E-state index contributed by atoms with van der Waals surface area (Å²) in [6, 6.07) is 11.3. The number of nitrogens with zero attached hydrogens (tertiary/aromatic N) is 1. The van der Waals surface area contributed by atoms with E-state index in [4.69, 9.17) is 19.9 Å². The van der Waals surface area contributed by atoms with Crippen LogP contribution >= 0.6 is 0 Å². The lowest BCUT2D eigenvalue weighted by atomic mass is 10.2.